The summed E-state index contributed by atoms with van der Waals surface area (Å²) in [6.07, 6.45) is 4.26. The molecule has 0 spiro atoms. The van der Waals surface area contributed by atoms with Crippen LogP contribution in [0.4, 0.5) is 0 Å². The third-order valence-corrected chi connectivity index (χ3v) is 4.37. The second-order valence-corrected chi connectivity index (χ2v) is 5.82. The van der Waals surface area contributed by atoms with Gasteiger partial charge in [-0.25, -0.2) is 0 Å². The number of para-hydroxylation sites is 1. The molecule has 2 aromatic carbocycles. The van der Waals surface area contributed by atoms with Crippen LogP contribution in [0.25, 0.3) is 38.2 Å². The molecule has 0 aliphatic rings. The van der Waals surface area contributed by atoms with Gasteiger partial charge in [0.2, 0.25) is 5.52 Å². The Labute approximate surface area is 127 Å². The fraction of sp³-hybridized carbons (Fsp3) is 0.0500. The van der Waals surface area contributed by atoms with Crippen molar-refractivity contribution in [2.45, 2.75) is 6.92 Å². The van der Waals surface area contributed by atoms with Gasteiger partial charge in [0.05, 0.1) is 5.39 Å². The van der Waals surface area contributed by atoms with Crippen LogP contribution in [-0.2, 0) is 0 Å². The SMILES string of the molecule is Cc1ccc2c3c(ccc4c5ccccc5oc43)cc[n+]2c1. The molecule has 2 nitrogen and oxygen atoms in total. The number of rotatable bonds is 0. The maximum absolute atomic E-state index is 6.19. The fourth-order valence-electron chi connectivity index (χ4n) is 3.33. The van der Waals surface area contributed by atoms with Gasteiger partial charge in [0.15, 0.2) is 12.4 Å². The van der Waals surface area contributed by atoms with Crippen LogP contribution in [0.2, 0.25) is 0 Å². The molecule has 104 valence electrons. The molecule has 0 N–H and O–H groups in total. The lowest BCUT2D eigenvalue weighted by atomic mass is 10.1. The van der Waals surface area contributed by atoms with Crippen LogP contribution in [0.15, 0.2) is 71.4 Å². The Bertz CT molecular complexity index is 1180. The molecular weight excluding hydrogens is 270 g/mol. The highest BCUT2D eigenvalue weighted by Gasteiger charge is 2.15. The lowest BCUT2D eigenvalue weighted by molar-refractivity contribution is -0.511. The van der Waals surface area contributed by atoms with E-state index in [4.69, 9.17) is 4.42 Å². The highest BCUT2D eigenvalue weighted by Crippen LogP contribution is 2.34. The first-order valence-electron chi connectivity index (χ1n) is 7.46. The molecule has 0 fully saturated rings. The Balaban J connectivity index is 2.10. The van der Waals surface area contributed by atoms with Crippen molar-refractivity contribution in [3.8, 4) is 0 Å². The third kappa shape index (κ3) is 1.47. The largest absolute Gasteiger partial charge is 0.455 e. The van der Waals surface area contributed by atoms with Crippen LogP contribution in [-0.4, -0.2) is 0 Å². The molecule has 2 heteroatoms. The molecule has 22 heavy (non-hydrogen) atoms. The zero-order valence-corrected chi connectivity index (χ0v) is 12.2. The Hall–Kier alpha value is -2.87. The van der Waals surface area contributed by atoms with Crippen molar-refractivity contribution in [3.05, 3.63) is 72.6 Å². The lowest BCUT2D eigenvalue weighted by Crippen LogP contribution is -2.20. The molecule has 0 aliphatic heterocycles. The first kappa shape index (κ1) is 11.8. The average Bonchev–Trinajstić information content (AvgIpc) is 2.93. The van der Waals surface area contributed by atoms with Crippen molar-refractivity contribution >= 4 is 38.2 Å². The highest BCUT2D eigenvalue weighted by atomic mass is 16.3. The summed E-state index contributed by atoms with van der Waals surface area (Å²) < 4.78 is 8.36. The van der Waals surface area contributed by atoms with E-state index < -0.39 is 0 Å². The maximum atomic E-state index is 6.19. The first-order valence-corrected chi connectivity index (χ1v) is 7.46. The van der Waals surface area contributed by atoms with E-state index in [0.29, 0.717) is 0 Å². The van der Waals surface area contributed by atoms with E-state index >= 15 is 0 Å². The molecule has 5 aromatic rings. The molecule has 0 unspecified atom stereocenters. The van der Waals surface area contributed by atoms with Crippen LogP contribution in [0.1, 0.15) is 5.56 Å². The van der Waals surface area contributed by atoms with Gasteiger partial charge in [0.1, 0.15) is 11.2 Å². The Morgan fingerprint density at radius 1 is 0.864 bits per heavy atom. The number of pyridine rings is 2. The van der Waals surface area contributed by atoms with Gasteiger partial charge in [-0.1, -0.05) is 24.3 Å². The summed E-state index contributed by atoms with van der Waals surface area (Å²) in [5.74, 6) is 0. The van der Waals surface area contributed by atoms with Gasteiger partial charge < -0.3 is 4.42 Å². The number of hydrogen-bond acceptors (Lipinski definition) is 1. The van der Waals surface area contributed by atoms with Gasteiger partial charge in [0, 0.05) is 28.5 Å². The summed E-state index contributed by atoms with van der Waals surface area (Å²) >= 11 is 0. The second kappa shape index (κ2) is 4.08. The summed E-state index contributed by atoms with van der Waals surface area (Å²) in [5, 5.41) is 4.73. The summed E-state index contributed by atoms with van der Waals surface area (Å²) in [5.41, 5.74) is 4.33. The molecule has 0 radical (unpaired) electrons. The average molecular weight is 284 g/mol. The van der Waals surface area contributed by atoms with E-state index in [1.54, 1.807) is 0 Å². The third-order valence-electron chi connectivity index (χ3n) is 4.37. The minimum atomic E-state index is 0.944. The summed E-state index contributed by atoms with van der Waals surface area (Å²) in [6, 6.07) is 19.0. The normalized spacial score (nSPS) is 11.9. The van der Waals surface area contributed by atoms with Crippen molar-refractivity contribution in [3.63, 3.8) is 0 Å². The maximum Gasteiger partial charge on any atom is 0.222 e. The lowest BCUT2D eigenvalue weighted by Gasteiger charge is -2.00. The van der Waals surface area contributed by atoms with Crippen molar-refractivity contribution < 1.29 is 8.82 Å². The van der Waals surface area contributed by atoms with E-state index in [1.165, 1.54) is 32.6 Å². The standard InChI is InChI=1S/C20H14NO/c1-13-6-9-17-19-14(10-11-21(17)12-13)7-8-16-15-4-2-3-5-18(15)22-20(16)19/h2-12H,1H3/q+1. The van der Waals surface area contributed by atoms with E-state index in [0.717, 1.165) is 11.2 Å². The van der Waals surface area contributed by atoms with Crippen LogP contribution in [0.3, 0.4) is 0 Å². The van der Waals surface area contributed by atoms with Crippen LogP contribution in [0.5, 0.6) is 0 Å². The Morgan fingerprint density at radius 2 is 1.77 bits per heavy atom. The number of furan rings is 1. The minimum absolute atomic E-state index is 0.944. The number of aromatic nitrogens is 1. The topological polar surface area (TPSA) is 17.2 Å². The van der Waals surface area contributed by atoms with Gasteiger partial charge in [-0.15, -0.1) is 0 Å². The first-order chi connectivity index (χ1) is 10.8. The van der Waals surface area contributed by atoms with E-state index in [-0.39, 0.29) is 0 Å². The van der Waals surface area contributed by atoms with Crippen molar-refractivity contribution in [1.82, 2.24) is 0 Å². The molecular formula is C20H14NO+. The molecule has 0 aliphatic carbocycles. The summed E-state index contributed by atoms with van der Waals surface area (Å²) in [7, 11) is 0. The highest BCUT2D eigenvalue weighted by molar-refractivity contribution is 6.18. The van der Waals surface area contributed by atoms with E-state index in [1.807, 2.05) is 12.1 Å². The zero-order chi connectivity index (χ0) is 14.7. The van der Waals surface area contributed by atoms with Crippen molar-refractivity contribution in [2.24, 2.45) is 0 Å². The summed E-state index contributed by atoms with van der Waals surface area (Å²) in [4.78, 5) is 0. The fourth-order valence-corrected chi connectivity index (χ4v) is 3.33. The van der Waals surface area contributed by atoms with Gasteiger partial charge in [-0.2, -0.15) is 4.40 Å². The summed E-state index contributed by atoms with van der Waals surface area (Å²) in [6.45, 7) is 2.11. The number of aryl methyl sites for hydroxylation is 1. The monoisotopic (exact) mass is 284 g/mol. The van der Waals surface area contributed by atoms with E-state index in [9.17, 15) is 0 Å². The molecule has 0 atom stereocenters. The zero-order valence-electron chi connectivity index (χ0n) is 12.2. The van der Waals surface area contributed by atoms with Gasteiger partial charge in [-0.3, -0.25) is 0 Å². The Kier molecular flexibility index (Phi) is 2.18. The molecule has 0 saturated carbocycles. The molecule has 5 rings (SSSR count). The molecule has 0 saturated heterocycles. The predicted molar refractivity (Wildman–Crippen MR) is 89.1 cm³/mol. The number of benzene rings is 2. The van der Waals surface area contributed by atoms with Crippen LogP contribution >= 0.6 is 0 Å². The smallest absolute Gasteiger partial charge is 0.222 e. The minimum Gasteiger partial charge on any atom is -0.455 e. The van der Waals surface area contributed by atoms with Crippen molar-refractivity contribution in [2.75, 3.05) is 0 Å². The van der Waals surface area contributed by atoms with Crippen LogP contribution in [0, 0.1) is 6.92 Å². The van der Waals surface area contributed by atoms with Crippen LogP contribution < -0.4 is 4.40 Å². The second-order valence-electron chi connectivity index (χ2n) is 5.82. The molecule has 0 bridgehead atoms. The molecule has 0 amide bonds. The number of hydrogen-bond donors (Lipinski definition) is 0. The van der Waals surface area contributed by atoms with Gasteiger partial charge in [-0.05, 0) is 30.5 Å². The van der Waals surface area contributed by atoms with E-state index in [2.05, 4.69) is 66.2 Å². The predicted octanol–water partition coefficient (Wildman–Crippen LogP) is 4.79. The molecule has 3 aromatic heterocycles. The molecule has 3 heterocycles. The van der Waals surface area contributed by atoms with Gasteiger partial charge >= 0.3 is 0 Å². The van der Waals surface area contributed by atoms with Crippen molar-refractivity contribution in [1.29, 1.82) is 0 Å². The number of fused-ring (bicyclic) bond motifs is 7. The van der Waals surface area contributed by atoms with Gasteiger partial charge in [0.25, 0.3) is 0 Å². The number of nitrogens with zero attached hydrogens (tertiary/aromatic N) is 1. The quantitative estimate of drug-likeness (QED) is 0.295. The Morgan fingerprint density at radius 3 is 2.73 bits per heavy atom.